The Kier molecular flexibility index (Phi) is 5.43. The lowest BCUT2D eigenvalue weighted by Gasteiger charge is -2.09. The summed E-state index contributed by atoms with van der Waals surface area (Å²) >= 11 is 6.46. The first kappa shape index (κ1) is 14.8. The van der Waals surface area contributed by atoms with Crippen molar-refractivity contribution in [1.82, 2.24) is 0 Å². The van der Waals surface area contributed by atoms with Gasteiger partial charge in [0.1, 0.15) is 5.84 Å². The highest BCUT2D eigenvalue weighted by Crippen LogP contribution is 2.24. The van der Waals surface area contributed by atoms with Crippen molar-refractivity contribution < 1.29 is 0 Å². The molecule has 0 unspecified atom stereocenters. The van der Waals surface area contributed by atoms with Crippen LogP contribution in [0.5, 0.6) is 0 Å². The van der Waals surface area contributed by atoms with Crippen molar-refractivity contribution >= 4 is 40.6 Å². The average molecular weight is 282 g/mol. The number of hydrogen-bond donors (Lipinski definition) is 3. The molecule has 18 heavy (non-hydrogen) atoms. The molecule has 0 heterocycles. The zero-order chi connectivity index (χ0) is 13.7. The van der Waals surface area contributed by atoms with Crippen LogP contribution in [-0.2, 0) is 0 Å². The van der Waals surface area contributed by atoms with Crippen molar-refractivity contribution in [3.8, 4) is 0 Å². The Hall–Kier alpha value is -1.27. The second-order valence-corrected chi connectivity index (χ2v) is 5.80. The molecule has 1 aromatic carbocycles. The first-order chi connectivity index (χ1) is 8.40. The molecule has 0 bridgehead atoms. The van der Waals surface area contributed by atoms with Gasteiger partial charge in [-0.3, -0.25) is 0 Å². The fourth-order valence-corrected chi connectivity index (χ4v) is 2.28. The van der Waals surface area contributed by atoms with Crippen LogP contribution in [-0.4, -0.2) is 16.7 Å². The Bertz CT molecular complexity index is 469. The number of anilines is 1. The van der Waals surface area contributed by atoms with Crippen molar-refractivity contribution in [3.05, 3.63) is 23.8 Å². The number of rotatable bonds is 4. The molecular weight excluding hydrogens is 264 g/mol. The molecule has 0 amide bonds. The molecule has 1 rings (SSSR count). The molecular formula is C12H18N4S2. The average Bonchev–Trinajstić information content (AvgIpc) is 2.26. The molecule has 0 aliphatic heterocycles. The third kappa shape index (κ3) is 4.54. The van der Waals surface area contributed by atoms with Crippen molar-refractivity contribution in [2.75, 3.05) is 11.5 Å². The van der Waals surface area contributed by atoms with Crippen LogP contribution in [0, 0.1) is 5.92 Å². The molecule has 0 saturated carbocycles. The molecule has 0 spiro atoms. The lowest BCUT2D eigenvalue weighted by molar-refractivity contribution is 0.750. The quantitative estimate of drug-likeness (QED) is 0.258. The van der Waals surface area contributed by atoms with Gasteiger partial charge in [-0.15, -0.1) is 11.8 Å². The molecule has 0 radical (unpaired) electrons. The molecule has 0 saturated heterocycles. The minimum Gasteiger partial charge on any atom is -0.398 e. The molecule has 0 aliphatic carbocycles. The van der Waals surface area contributed by atoms with Gasteiger partial charge in [0.05, 0.1) is 0 Å². The summed E-state index contributed by atoms with van der Waals surface area (Å²) in [5, 5.41) is 0.00661. The van der Waals surface area contributed by atoms with Gasteiger partial charge in [-0.1, -0.05) is 13.8 Å². The van der Waals surface area contributed by atoms with Crippen molar-refractivity contribution in [2.45, 2.75) is 18.7 Å². The monoisotopic (exact) mass is 282 g/mol. The molecule has 0 atom stereocenters. The van der Waals surface area contributed by atoms with Gasteiger partial charge in [0.2, 0.25) is 0 Å². The Balaban J connectivity index is 2.97. The molecule has 6 heteroatoms. The zero-order valence-corrected chi connectivity index (χ0v) is 12.1. The first-order valence-corrected chi connectivity index (χ1v) is 6.95. The summed E-state index contributed by atoms with van der Waals surface area (Å²) in [7, 11) is 0. The van der Waals surface area contributed by atoms with Gasteiger partial charge in [0.25, 0.3) is 0 Å². The van der Waals surface area contributed by atoms with E-state index in [1.165, 1.54) is 0 Å². The number of hydrogen-bond acceptors (Lipinski definition) is 3. The third-order valence-electron chi connectivity index (χ3n) is 2.11. The van der Waals surface area contributed by atoms with E-state index < -0.39 is 0 Å². The topological polar surface area (TPSA) is 90.4 Å². The maximum absolute atomic E-state index is 5.87. The SMILES string of the molecule is CC(C)CSc1ccc(N)c(/C(N)=N/C(N)=S)c1. The molecule has 0 aromatic heterocycles. The number of benzene rings is 1. The summed E-state index contributed by atoms with van der Waals surface area (Å²) in [4.78, 5) is 4.96. The van der Waals surface area contributed by atoms with E-state index in [4.69, 9.17) is 29.4 Å². The molecule has 6 N–H and O–H groups in total. The molecule has 98 valence electrons. The summed E-state index contributed by atoms with van der Waals surface area (Å²) in [6.07, 6.45) is 0. The van der Waals surface area contributed by atoms with Gasteiger partial charge in [0.15, 0.2) is 5.11 Å². The normalized spacial score (nSPS) is 11.8. The summed E-state index contributed by atoms with van der Waals surface area (Å²) in [6, 6.07) is 5.71. The van der Waals surface area contributed by atoms with E-state index in [0.29, 0.717) is 17.2 Å². The van der Waals surface area contributed by atoms with Gasteiger partial charge < -0.3 is 17.2 Å². The lowest BCUT2D eigenvalue weighted by Crippen LogP contribution is -2.19. The van der Waals surface area contributed by atoms with E-state index in [1.807, 2.05) is 18.2 Å². The predicted octanol–water partition coefficient (Wildman–Crippen LogP) is 1.97. The second kappa shape index (κ2) is 6.61. The molecule has 0 aliphatic rings. The number of aliphatic imine (C=N–C) groups is 1. The number of amidine groups is 1. The Labute approximate surface area is 117 Å². The van der Waals surface area contributed by atoms with Crippen molar-refractivity contribution in [3.63, 3.8) is 0 Å². The van der Waals surface area contributed by atoms with Gasteiger partial charge in [0, 0.05) is 21.9 Å². The number of nitrogens with zero attached hydrogens (tertiary/aromatic N) is 1. The standard InChI is InChI=1S/C12H18N4S2/c1-7(2)6-18-8-3-4-10(13)9(5-8)11(14)16-12(15)17/h3-5,7H,6,13H2,1-2H3,(H4,14,15,16,17). The largest absolute Gasteiger partial charge is 0.398 e. The highest BCUT2D eigenvalue weighted by molar-refractivity contribution is 7.99. The van der Waals surface area contributed by atoms with Gasteiger partial charge in [-0.25, -0.2) is 4.99 Å². The van der Waals surface area contributed by atoms with E-state index in [2.05, 4.69) is 18.8 Å². The molecule has 1 aromatic rings. The van der Waals surface area contributed by atoms with E-state index in [1.54, 1.807) is 11.8 Å². The van der Waals surface area contributed by atoms with Crippen LogP contribution in [0.1, 0.15) is 19.4 Å². The smallest absolute Gasteiger partial charge is 0.192 e. The van der Waals surface area contributed by atoms with Crippen molar-refractivity contribution in [1.29, 1.82) is 0 Å². The van der Waals surface area contributed by atoms with Gasteiger partial charge in [-0.2, -0.15) is 0 Å². The van der Waals surface area contributed by atoms with Crippen molar-refractivity contribution in [2.24, 2.45) is 22.4 Å². The minimum absolute atomic E-state index is 0.00661. The predicted molar refractivity (Wildman–Crippen MR) is 83.9 cm³/mol. The van der Waals surface area contributed by atoms with E-state index >= 15 is 0 Å². The minimum atomic E-state index is 0.00661. The summed E-state index contributed by atoms with van der Waals surface area (Å²) in [6.45, 7) is 4.35. The van der Waals surface area contributed by atoms with Crippen LogP contribution in [0.3, 0.4) is 0 Å². The number of nitrogens with two attached hydrogens (primary N) is 3. The van der Waals surface area contributed by atoms with Crippen LogP contribution in [0.15, 0.2) is 28.1 Å². The van der Waals surface area contributed by atoms with Crippen LogP contribution in [0.2, 0.25) is 0 Å². The Morgan fingerprint density at radius 3 is 2.61 bits per heavy atom. The molecule has 4 nitrogen and oxygen atoms in total. The zero-order valence-electron chi connectivity index (χ0n) is 10.5. The maximum Gasteiger partial charge on any atom is 0.192 e. The second-order valence-electron chi connectivity index (χ2n) is 4.29. The number of thioether (sulfide) groups is 1. The Morgan fingerprint density at radius 1 is 1.39 bits per heavy atom. The first-order valence-electron chi connectivity index (χ1n) is 5.56. The number of nitrogen functional groups attached to an aromatic ring is 1. The highest BCUT2D eigenvalue weighted by Gasteiger charge is 2.07. The highest BCUT2D eigenvalue weighted by atomic mass is 32.2. The summed E-state index contributed by atoms with van der Waals surface area (Å²) < 4.78 is 0. The lowest BCUT2D eigenvalue weighted by atomic mass is 10.1. The third-order valence-corrected chi connectivity index (χ3v) is 3.63. The maximum atomic E-state index is 5.87. The van der Waals surface area contributed by atoms with Gasteiger partial charge in [-0.05, 0) is 36.3 Å². The molecule has 0 fully saturated rings. The van der Waals surface area contributed by atoms with E-state index in [0.717, 1.165) is 10.6 Å². The summed E-state index contributed by atoms with van der Waals surface area (Å²) in [5.74, 6) is 1.92. The van der Waals surface area contributed by atoms with Crippen LogP contribution in [0.25, 0.3) is 0 Å². The van der Waals surface area contributed by atoms with Crippen LogP contribution in [0.4, 0.5) is 5.69 Å². The van der Waals surface area contributed by atoms with Crippen LogP contribution < -0.4 is 17.2 Å². The fourth-order valence-electron chi connectivity index (χ4n) is 1.29. The van der Waals surface area contributed by atoms with E-state index in [9.17, 15) is 0 Å². The van der Waals surface area contributed by atoms with Gasteiger partial charge >= 0.3 is 0 Å². The fraction of sp³-hybridized carbons (Fsp3) is 0.333. The number of thiocarbonyl (C=S) groups is 1. The van der Waals surface area contributed by atoms with E-state index in [-0.39, 0.29) is 10.9 Å². The van der Waals surface area contributed by atoms with Crippen LogP contribution >= 0.6 is 24.0 Å². The summed E-state index contributed by atoms with van der Waals surface area (Å²) in [5.41, 5.74) is 18.3. The Morgan fingerprint density at radius 2 is 2.06 bits per heavy atom.